The third-order valence-electron chi connectivity index (χ3n) is 0.866. The molecule has 0 saturated heterocycles. The first-order valence-corrected chi connectivity index (χ1v) is 2.53. The van der Waals surface area contributed by atoms with E-state index in [1.165, 1.54) is 7.11 Å². The van der Waals surface area contributed by atoms with Crippen molar-refractivity contribution in [1.29, 1.82) is 0 Å². The first kappa shape index (κ1) is 7.82. The molecule has 50 valence electrons. The quantitative estimate of drug-likeness (QED) is 0.454. The molecule has 0 aliphatic rings. The molecule has 2 heteroatoms. The van der Waals surface area contributed by atoms with Crippen LogP contribution in [-0.4, -0.2) is 7.11 Å². The van der Waals surface area contributed by atoms with Crippen LogP contribution in [0.3, 0.4) is 0 Å². The van der Waals surface area contributed by atoms with E-state index in [2.05, 4.69) is 13.2 Å². The summed E-state index contributed by atoms with van der Waals surface area (Å²) in [6.07, 6.45) is 3.21. The number of allylic oxidation sites excluding steroid dienone is 2. The van der Waals surface area contributed by atoms with Gasteiger partial charge in [0.15, 0.2) is 0 Å². The molecule has 0 aromatic heterocycles. The van der Waals surface area contributed by atoms with Crippen molar-refractivity contribution >= 4 is 0 Å². The van der Waals surface area contributed by atoms with E-state index in [4.69, 9.17) is 10.5 Å². The fraction of sp³-hybridized carbons (Fsp3) is 0.143. The highest BCUT2D eigenvalue weighted by Crippen LogP contribution is 1.99. The fourth-order valence-corrected chi connectivity index (χ4v) is 0.338. The van der Waals surface area contributed by atoms with Gasteiger partial charge in [0.1, 0.15) is 5.76 Å². The molecular weight excluding hydrogens is 114 g/mol. The molecule has 0 bridgehead atoms. The average molecular weight is 125 g/mol. The first-order valence-electron chi connectivity index (χ1n) is 2.53. The summed E-state index contributed by atoms with van der Waals surface area (Å²) in [4.78, 5) is 0. The van der Waals surface area contributed by atoms with E-state index < -0.39 is 0 Å². The number of rotatable bonds is 3. The predicted molar refractivity (Wildman–Crippen MR) is 38.6 cm³/mol. The highest BCUT2D eigenvalue weighted by atomic mass is 16.5. The van der Waals surface area contributed by atoms with Crippen LogP contribution in [0.2, 0.25) is 0 Å². The van der Waals surface area contributed by atoms with Crippen LogP contribution in [0, 0.1) is 0 Å². The lowest BCUT2D eigenvalue weighted by atomic mass is 10.3. The fourth-order valence-electron chi connectivity index (χ4n) is 0.338. The van der Waals surface area contributed by atoms with Gasteiger partial charge in [0.2, 0.25) is 0 Å². The van der Waals surface area contributed by atoms with Crippen molar-refractivity contribution in [2.24, 2.45) is 5.73 Å². The van der Waals surface area contributed by atoms with E-state index in [1.54, 1.807) is 12.2 Å². The number of hydrogen-bond acceptors (Lipinski definition) is 2. The van der Waals surface area contributed by atoms with Crippen LogP contribution in [0.15, 0.2) is 36.8 Å². The van der Waals surface area contributed by atoms with E-state index >= 15 is 0 Å². The minimum absolute atomic E-state index is 0.468. The molecule has 9 heavy (non-hydrogen) atoms. The van der Waals surface area contributed by atoms with Gasteiger partial charge in [-0.05, 0) is 6.08 Å². The molecule has 2 nitrogen and oxygen atoms in total. The summed E-state index contributed by atoms with van der Waals surface area (Å²) in [5.74, 6) is 0.468. The Bertz CT molecular complexity index is 147. The van der Waals surface area contributed by atoms with Gasteiger partial charge in [-0.15, -0.1) is 0 Å². The largest absolute Gasteiger partial charge is 0.495 e. The van der Waals surface area contributed by atoms with Gasteiger partial charge in [0.05, 0.1) is 12.8 Å². The maximum atomic E-state index is 5.40. The van der Waals surface area contributed by atoms with E-state index in [9.17, 15) is 0 Å². The van der Waals surface area contributed by atoms with Gasteiger partial charge >= 0.3 is 0 Å². The third-order valence-corrected chi connectivity index (χ3v) is 0.866. The number of nitrogens with two attached hydrogens (primary N) is 1. The van der Waals surface area contributed by atoms with Crippen LogP contribution in [0.5, 0.6) is 0 Å². The van der Waals surface area contributed by atoms with Gasteiger partial charge in [-0.3, -0.25) is 0 Å². The average Bonchev–Trinajstić information content (AvgIpc) is 1.87. The lowest BCUT2D eigenvalue weighted by molar-refractivity contribution is 0.302. The van der Waals surface area contributed by atoms with E-state index in [-0.39, 0.29) is 0 Å². The van der Waals surface area contributed by atoms with Crippen molar-refractivity contribution in [1.82, 2.24) is 0 Å². The Kier molecular flexibility index (Phi) is 3.28. The second-order valence-corrected chi connectivity index (χ2v) is 1.49. The molecule has 0 fully saturated rings. The van der Waals surface area contributed by atoms with Crippen molar-refractivity contribution in [3.63, 3.8) is 0 Å². The minimum atomic E-state index is 0.468. The molecule has 0 aliphatic carbocycles. The first-order chi connectivity index (χ1) is 4.22. The van der Waals surface area contributed by atoms with Crippen LogP contribution in [0.4, 0.5) is 0 Å². The maximum Gasteiger partial charge on any atom is 0.134 e. The molecule has 0 unspecified atom stereocenters. The van der Waals surface area contributed by atoms with Crippen LogP contribution < -0.4 is 5.73 Å². The third kappa shape index (κ3) is 2.59. The van der Waals surface area contributed by atoms with Gasteiger partial charge < -0.3 is 10.5 Å². The van der Waals surface area contributed by atoms with Crippen molar-refractivity contribution in [3.8, 4) is 0 Å². The van der Waals surface area contributed by atoms with Crippen molar-refractivity contribution < 1.29 is 4.74 Å². The van der Waals surface area contributed by atoms with Crippen LogP contribution in [-0.2, 0) is 4.74 Å². The van der Waals surface area contributed by atoms with Gasteiger partial charge in [0.25, 0.3) is 0 Å². The summed E-state index contributed by atoms with van der Waals surface area (Å²) < 4.78 is 4.73. The Hall–Kier alpha value is -1.18. The Morgan fingerprint density at radius 2 is 2.22 bits per heavy atom. The normalized spacial score (nSPS) is 10.6. The van der Waals surface area contributed by atoms with Gasteiger partial charge in [-0.25, -0.2) is 0 Å². The molecule has 0 saturated carbocycles. The molecule has 0 spiro atoms. The molecule has 0 radical (unpaired) electrons. The molecule has 0 heterocycles. The summed E-state index contributed by atoms with van der Waals surface area (Å²) in [5.41, 5.74) is 5.91. The Balaban J connectivity index is 4.01. The number of hydrogen-bond donors (Lipinski definition) is 1. The molecule has 0 amide bonds. The lowest BCUT2D eigenvalue weighted by Gasteiger charge is -2.00. The molecule has 0 rings (SSSR count). The van der Waals surface area contributed by atoms with Crippen molar-refractivity contribution in [2.75, 3.05) is 7.11 Å². The molecule has 0 atom stereocenters. The smallest absolute Gasteiger partial charge is 0.134 e. The van der Waals surface area contributed by atoms with Gasteiger partial charge in [-0.2, -0.15) is 0 Å². The summed E-state index contributed by atoms with van der Waals surface area (Å²) in [5, 5.41) is 0. The highest BCUT2D eigenvalue weighted by Gasteiger charge is 1.91. The van der Waals surface area contributed by atoms with Gasteiger partial charge in [-0.1, -0.05) is 19.2 Å². The van der Waals surface area contributed by atoms with Gasteiger partial charge in [0, 0.05) is 0 Å². The molecule has 2 N–H and O–H groups in total. The topological polar surface area (TPSA) is 35.2 Å². The Morgan fingerprint density at radius 3 is 2.56 bits per heavy atom. The predicted octanol–water partition coefficient (Wildman–Crippen LogP) is 1.18. The van der Waals surface area contributed by atoms with Crippen molar-refractivity contribution in [2.45, 2.75) is 0 Å². The number of ether oxygens (including phenoxy) is 1. The molecule has 0 aromatic rings. The summed E-state index contributed by atoms with van der Waals surface area (Å²) in [6, 6.07) is 0. The van der Waals surface area contributed by atoms with E-state index in [0.29, 0.717) is 11.5 Å². The monoisotopic (exact) mass is 125 g/mol. The zero-order chi connectivity index (χ0) is 7.28. The summed E-state index contributed by atoms with van der Waals surface area (Å²) in [7, 11) is 1.52. The van der Waals surface area contributed by atoms with E-state index in [1.807, 2.05) is 0 Å². The van der Waals surface area contributed by atoms with Crippen LogP contribution >= 0.6 is 0 Å². The minimum Gasteiger partial charge on any atom is -0.495 e. The van der Waals surface area contributed by atoms with Crippen molar-refractivity contribution in [3.05, 3.63) is 36.8 Å². The zero-order valence-electron chi connectivity index (χ0n) is 5.55. The number of methoxy groups -OCH3 is 1. The van der Waals surface area contributed by atoms with Crippen LogP contribution in [0.25, 0.3) is 0 Å². The molecular formula is C7H11NO. The standard InChI is InChI=1S/C7H11NO/c1-4-5-7(8)6(2)9-3/h4-5H,1-2,8H2,3H3/b7-5+. The Labute approximate surface area is 55.3 Å². The van der Waals surface area contributed by atoms with Crippen LogP contribution in [0.1, 0.15) is 0 Å². The summed E-state index contributed by atoms with van der Waals surface area (Å²) >= 11 is 0. The Morgan fingerprint density at radius 1 is 1.67 bits per heavy atom. The lowest BCUT2D eigenvalue weighted by Crippen LogP contribution is -2.00. The second kappa shape index (κ2) is 3.78. The molecule has 0 aliphatic heterocycles. The maximum absolute atomic E-state index is 5.40. The molecule has 0 aromatic carbocycles. The van der Waals surface area contributed by atoms with E-state index in [0.717, 1.165) is 0 Å². The SMILES string of the molecule is C=C/C=C(/N)C(=C)OC. The second-order valence-electron chi connectivity index (χ2n) is 1.49. The highest BCUT2D eigenvalue weighted by molar-refractivity contribution is 5.22. The summed E-state index contributed by atoms with van der Waals surface area (Å²) in [6.45, 7) is 6.99. The zero-order valence-corrected chi connectivity index (χ0v) is 5.55.